The maximum atomic E-state index is 12.6. The Kier molecular flexibility index (Phi) is 4.78. The zero-order valence-electron chi connectivity index (χ0n) is 14.3. The average Bonchev–Trinajstić information content (AvgIpc) is 2.53. The molecular weight excluding hydrogens is 308 g/mol. The van der Waals surface area contributed by atoms with Gasteiger partial charge in [0.1, 0.15) is 5.54 Å². The number of benzene rings is 1. The van der Waals surface area contributed by atoms with Crippen molar-refractivity contribution in [1.29, 1.82) is 0 Å². The molecule has 0 radical (unpaired) electrons. The number of hydrogen-bond acceptors (Lipinski definition) is 3. The number of likely N-dealkylation sites (N-methyl/N-ethyl adjacent to an activating group) is 1. The third-order valence-electron chi connectivity index (χ3n) is 4.57. The molecule has 1 aliphatic heterocycles. The smallest absolute Gasteiger partial charge is 0.329 e. The van der Waals surface area contributed by atoms with Crippen LogP contribution in [0.1, 0.15) is 44.4 Å². The van der Waals surface area contributed by atoms with Crippen molar-refractivity contribution < 1.29 is 19.5 Å². The van der Waals surface area contributed by atoms with Gasteiger partial charge in [-0.25, -0.2) is 4.79 Å². The molecule has 128 valence electrons. The van der Waals surface area contributed by atoms with Crippen molar-refractivity contribution in [1.82, 2.24) is 9.80 Å². The molecule has 1 heterocycles. The number of rotatable bonds is 4. The largest absolute Gasteiger partial charge is 0.480 e. The first-order valence-electron chi connectivity index (χ1n) is 7.72. The summed E-state index contributed by atoms with van der Waals surface area (Å²) >= 11 is 0. The molecule has 0 fully saturated rings. The Bertz CT molecular complexity index is 709. The molecule has 1 atom stereocenters. The van der Waals surface area contributed by atoms with Crippen LogP contribution in [-0.4, -0.2) is 45.3 Å². The zero-order valence-corrected chi connectivity index (χ0v) is 14.3. The van der Waals surface area contributed by atoms with Crippen LogP contribution in [0.25, 0.3) is 6.08 Å². The summed E-state index contributed by atoms with van der Waals surface area (Å²) in [4.78, 5) is 38.7. The SMILES string of the molecule is CC(=O)N1C=Cc2ccccc2C1CC(=O)N(C)C(C)(C)C(=O)O. The third kappa shape index (κ3) is 3.18. The maximum absolute atomic E-state index is 12.6. The van der Waals surface area contributed by atoms with Gasteiger partial charge in [-0.15, -0.1) is 0 Å². The van der Waals surface area contributed by atoms with Crippen molar-refractivity contribution in [3.05, 3.63) is 41.6 Å². The number of carboxylic acids is 1. The minimum absolute atomic E-state index is 0.0220. The fourth-order valence-corrected chi connectivity index (χ4v) is 2.67. The minimum Gasteiger partial charge on any atom is -0.480 e. The number of carbonyl (C=O) groups excluding carboxylic acids is 2. The van der Waals surface area contributed by atoms with Crippen LogP contribution in [0, 0.1) is 0 Å². The Morgan fingerprint density at radius 3 is 2.46 bits per heavy atom. The fraction of sp³-hybridized carbons (Fsp3) is 0.389. The van der Waals surface area contributed by atoms with E-state index in [-0.39, 0.29) is 18.2 Å². The molecule has 0 aliphatic carbocycles. The van der Waals surface area contributed by atoms with Gasteiger partial charge in [-0.1, -0.05) is 24.3 Å². The lowest BCUT2D eigenvalue weighted by Gasteiger charge is -2.36. The van der Waals surface area contributed by atoms with E-state index in [9.17, 15) is 19.5 Å². The molecule has 1 N–H and O–H groups in total. The molecule has 6 heteroatoms. The highest BCUT2D eigenvalue weighted by molar-refractivity contribution is 5.87. The third-order valence-corrected chi connectivity index (χ3v) is 4.57. The van der Waals surface area contributed by atoms with Gasteiger partial charge in [-0.3, -0.25) is 9.59 Å². The number of carbonyl (C=O) groups is 3. The van der Waals surface area contributed by atoms with Crippen LogP contribution < -0.4 is 0 Å². The molecule has 1 aromatic rings. The van der Waals surface area contributed by atoms with E-state index < -0.39 is 17.6 Å². The number of amides is 2. The predicted octanol–water partition coefficient (Wildman–Crippen LogP) is 2.27. The van der Waals surface area contributed by atoms with E-state index in [0.717, 1.165) is 11.1 Å². The molecule has 2 amide bonds. The summed E-state index contributed by atoms with van der Waals surface area (Å²) in [6.45, 7) is 4.40. The monoisotopic (exact) mass is 330 g/mol. The lowest BCUT2D eigenvalue weighted by Crippen LogP contribution is -2.51. The Labute approximate surface area is 141 Å². The summed E-state index contributed by atoms with van der Waals surface area (Å²) in [7, 11) is 1.47. The van der Waals surface area contributed by atoms with E-state index in [0.29, 0.717) is 0 Å². The van der Waals surface area contributed by atoms with Crippen molar-refractivity contribution >= 4 is 23.9 Å². The van der Waals surface area contributed by atoms with Gasteiger partial charge >= 0.3 is 5.97 Å². The topological polar surface area (TPSA) is 77.9 Å². The van der Waals surface area contributed by atoms with Crippen LogP contribution in [0.2, 0.25) is 0 Å². The van der Waals surface area contributed by atoms with Crippen LogP contribution in [0.15, 0.2) is 30.5 Å². The van der Waals surface area contributed by atoms with Crippen LogP contribution in [0.4, 0.5) is 0 Å². The van der Waals surface area contributed by atoms with Gasteiger partial charge in [-0.05, 0) is 31.1 Å². The Hall–Kier alpha value is -2.63. The van der Waals surface area contributed by atoms with E-state index in [2.05, 4.69) is 0 Å². The molecule has 0 saturated carbocycles. The molecular formula is C18H22N2O4. The number of fused-ring (bicyclic) bond motifs is 1. The van der Waals surface area contributed by atoms with Crippen molar-refractivity contribution in [3.8, 4) is 0 Å². The summed E-state index contributed by atoms with van der Waals surface area (Å²) in [6.07, 6.45) is 3.53. The summed E-state index contributed by atoms with van der Waals surface area (Å²) in [6, 6.07) is 7.12. The second kappa shape index (κ2) is 6.47. The van der Waals surface area contributed by atoms with E-state index >= 15 is 0 Å². The van der Waals surface area contributed by atoms with E-state index in [1.807, 2.05) is 30.3 Å². The summed E-state index contributed by atoms with van der Waals surface area (Å²) < 4.78 is 0. The molecule has 2 rings (SSSR count). The lowest BCUT2D eigenvalue weighted by molar-refractivity contribution is -0.156. The zero-order chi connectivity index (χ0) is 18.1. The highest BCUT2D eigenvalue weighted by Crippen LogP contribution is 2.33. The van der Waals surface area contributed by atoms with Crippen molar-refractivity contribution in [2.75, 3.05) is 7.05 Å². The lowest BCUT2D eigenvalue weighted by atomic mass is 9.92. The maximum Gasteiger partial charge on any atom is 0.329 e. The molecule has 0 aromatic heterocycles. The van der Waals surface area contributed by atoms with Crippen LogP contribution in [0.5, 0.6) is 0 Å². The van der Waals surface area contributed by atoms with Gasteiger partial charge < -0.3 is 14.9 Å². The van der Waals surface area contributed by atoms with Crippen LogP contribution in [-0.2, 0) is 14.4 Å². The van der Waals surface area contributed by atoms with Gasteiger partial charge in [0.25, 0.3) is 0 Å². The first kappa shape index (κ1) is 17.7. The second-order valence-electron chi connectivity index (χ2n) is 6.41. The Morgan fingerprint density at radius 2 is 1.88 bits per heavy atom. The highest BCUT2D eigenvalue weighted by atomic mass is 16.4. The first-order chi connectivity index (χ1) is 11.2. The number of nitrogens with zero attached hydrogens (tertiary/aromatic N) is 2. The Balaban J connectivity index is 2.31. The molecule has 0 bridgehead atoms. The molecule has 0 saturated heterocycles. The number of carboxylic acid groups (broad SMARTS) is 1. The van der Waals surface area contributed by atoms with E-state index in [4.69, 9.17) is 0 Å². The summed E-state index contributed by atoms with van der Waals surface area (Å²) in [5, 5.41) is 9.29. The van der Waals surface area contributed by atoms with E-state index in [1.54, 1.807) is 6.20 Å². The average molecular weight is 330 g/mol. The molecule has 1 unspecified atom stereocenters. The molecule has 24 heavy (non-hydrogen) atoms. The predicted molar refractivity (Wildman–Crippen MR) is 89.8 cm³/mol. The van der Waals surface area contributed by atoms with Gasteiger partial charge in [-0.2, -0.15) is 0 Å². The molecule has 1 aliphatic rings. The van der Waals surface area contributed by atoms with Crippen LogP contribution in [0.3, 0.4) is 0 Å². The van der Waals surface area contributed by atoms with Gasteiger partial charge in [0.2, 0.25) is 11.8 Å². The van der Waals surface area contributed by atoms with Crippen molar-refractivity contribution in [3.63, 3.8) is 0 Å². The summed E-state index contributed by atoms with van der Waals surface area (Å²) in [5.41, 5.74) is 0.514. The Morgan fingerprint density at radius 1 is 1.25 bits per heavy atom. The second-order valence-corrected chi connectivity index (χ2v) is 6.41. The number of aliphatic carboxylic acids is 1. The molecule has 6 nitrogen and oxygen atoms in total. The first-order valence-corrected chi connectivity index (χ1v) is 7.72. The normalized spacial score (nSPS) is 16.5. The van der Waals surface area contributed by atoms with Crippen LogP contribution >= 0.6 is 0 Å². The summed E-state index contributed by atoms with van der Waals surface area (Å²) in [5.74, 6) is -1.58. The minimum atomic E-state index is -1.32. The van der Waals surface area contributed by atoms with Gasteiger partial charge in [0.05, 0.1) is 12.5 Å². The standard InChI is InChI=1S/C18H22N2O4/c1-12(21)20-10-9-13-7-5-6-8-14(13)15(20)11-16(22)19(4)18(2,3)17(23)24/h5-10,15H,11H2,1-4H3,(H,23,24). The van der Waals surface area contributed by atoms with E-state index in [1.165, 1.54) is 37.6 Å². The van der Waals surface area contributed by atoms with Gasteiger partial charge in [0, 0.05) is 20.2 Å². The number of hydrogen-bond donors (Lipinski definition) is 1. The van der Waals surface area contributed by atoms with Crippen molar-refractivity contribution in [2.45, 2.75) is 38.8 Å². The van der Waals surface area contributed by atoms with Crippen molar-refractivity contribution in [2.24, 2.45) is 0 Å². The quantitative estimate of drug-likeness (QED) is 0.918. The highest BCUT2D eigenvalue weighted by Gasteiger charge is 2.37. The molecule has 1 aromatic carbocycles. The van der Waals surface area contributed by atoms with Gasteiger partial charge in [0.15, 0.2) is 0 Å². The fourth-order valence-electron chi connectivity index (χ4n) is 2.67. The molecule has 0 spiro atoms.